The molecule has 0 aromatic carbocycles. The number of rotatable bonds is 5. The number of halogens is 3. The molecule has 0 radical (unpaired) electrons. The van der Waals surface area contributed by atoms with Crippen LogP contribution in [0.25, 0.3) is 0 Å². The highest BCUT2D eigenvalue weighted by molar-refractivity contribution is 5.87. The summed E-state index contributed by atoms with van der Waals surface area (Å²) in [6.45, 7) is 6.71. The number of H-pyrrole nitrogens is 1. The second-order valence-electron chi connectivity index (χ2n) is 7.42. The third-order valence-corrected chi connectivity index (χ3v) is 5.04. The highest BCUT2D eigenvalue weighted by Gasteiger charge is 2.33. The number of likely N-dealkylation sites (tertiary alicyclic amines) is 1. The van der Waals surface area contributed by atoms with Crippen LogP contribution in [0.1, 0.15) is 49.0 Å². The van der Waals surface area contributed by atoms with Crippen LogP contribution in [-0.2, 0) is 17.4 Å². The molecule has 1 saturated heterocycles. The van der Waals surface area contributed by atoms with Crippen molar-refractivity contribution in [3.05, 3.63) is 40.8 Å². The van der Waals surface area contributed by atoms with Crippen LogP contribution in [-0.4, -0.2) is 39.1 Å². The molecule has 2 aromatic rings. The molecule has 1 amide bonds. The first-order valence-corrected chi connectivity index (χ1v) is 9.23. The van der Waals surface area contributed by atoms with E-state index in [2.05, 4.69) is 25.4 Å². The molecule has 1 unspecified atom stereocenters. The van der Waals surface area contributed by atoms with Gasteiger partial charge in [0.1, 0.15) is 5.69 Å². The number of carbonyl (C=O) groups excluding carboxylic acids is 1. The quantitative estimate of drug-likeness (QED) is 0.809. The average Bonchev–Trinajstić information content (AvgIpc) is 3.22. The van der Waals surface area contributed by atoms with Gasteiger partial charge in [0.25, 0.3) is 0 Å². The number of pyridine rings is 1. The van der Waals surface area contributed by atoms with Gasteiger partial charge in [-0.25, -0.2) is 4.98 Å². The van der Waals surface area contributed by atoms with Crippen LogP contribution >= 0.6 is 0 Å². The molecule has 3 heterocycles. The molecule has 2 aromatic heterocycles. The monoisotopic (exact) mass is 395 g/mol. The summed E-state index contributed by atoms with van der Waals surface area (Å²) in [4.78, 5) is 17.0. The van der Waals surface area contributed by atoms with Crippen molar-refractivity contribution in [3.63, 3.8) is 0 Å². The number of aromatic amines is 1. The lowest BCUT2D eigenvalue weighted by atomic mass is 9.98. The number of hydrogen-bond acceptors (Lipinski definition) is 4. The molecule has 3 rings (SSSR count). The lowest BCUT2D eigenvalue weighted by molar-refractivity contribution is -0.141. The number of amides is 1. The Morgan fingerprint density at radius 1 is 1.39 bits per heavy atom. The molecular formula is C19H24F3N5O. The summed E-state index contributed by atoms with van der Waals surface area (Å²) in [5, 5.41) is 9.66. The maximum absolute atomic E-state index is 13.0. The highest BCUT2D eigenvalue weighted by Crippen LogP contribution is 2.32. The average molecular weight is 395 g/mol. The number of hydrogen-bond donors (Lipinski definition) is 2. The first kappa shape index (κ1) is 20.3. The molecule has 6 nitrogen and oxygen atoms in total. The summed E-state index contributed by atoms with van der Waals surface area (Å²) in [6.07, 6.45) is -2.92. The third-order valence-electron chi connectivity index (χ3n) is 5.04. The Morgan fingerprint density at radius 3 is 2.82 bits per heavy atom. The molecule has 1 fully saturated rings. The SMILES string of the molecule is CC(=O)Nc1cc(C(C)N2CC[C@H](Cc3cc(C)nc(C(F)(F)F)c3)C2)[nH]n1. The molecule has 0 spiro atoms. The molecule has 1 aliphatic rings. The zero-order valence-electron chi connectivity index (χ0n) is 16.1. The van der Waals surface area contributed by atoms with Crippen LogP contribution in [0.15, 0.2) is 18.2 Å². The van der Waals surface area contributed by atoms with Gasteiger partial charge in [0.2, 0.25) is 5.91 Å². The number of aromatic nitrogens is 3. The van der Waals surface area contributed by atoms with Crippen molar-refractivity contribution in [2.24, 2.45) is 5.92 Å². The van der Waals surface area contributed by atoms with E-state index in [0.717, 1.165) is 31.3 Å². The second kappa shape index (κ2) is 7.90. The Hall–Kier alpha value is -2.42. The fourth-order valence-electron chi connectivity index (χ4n) is 3.71. The minimum Gasteiger partial charge on any atom is -0.309 e. The Kier molecular flexibility index (Phi) is 5.74. The van der Waals surface area contributed by atoms with Gasteiger partial charge >= 0.3 is 6.18 Å². The normalized spacial score (nSPS) is 19.0. The van der Waals surface area contributed by atoms with E-state index in [1.165, 1.54) is 6.92 Å². The Bertz CT molecular complexity index is 848. The van der Waals surface area contributed by atoms with Crippen molar-refractivity contribution in [2.45, 2.75) is 45.8 Å². The van der Waals surface area contributed by atoms with E-state index in [4.69, 9.17) is 0 Å². The molecule has 0 bridgehead atoms. The molecule has 2 N–H and O–H groups in total. The fraction of sp³-hybridized carbons (Fsp3) is 0.526. The number of nitrogens with one attached hydrogen (secondary N) is 2. The van der Waals surface area contributed by atoms with E-state index in [0.29, 0.717) is 23.5 Å². The molecule has 0 saturated carbocycles. The van der Waals surface area contributed by atoms with Gasteiger partial charge in [0, 0.05) is 31.3 Å². The smallest absolute Gasteiger partial charge is 0.309 e. The predicted molar refractivity (Wildman–Crippen MR) is 98.7 cm³/mol. The van der Waals surface area contributed by atoms with Gasteiger partial charge in [-0.15, -0.1) is 0 Å². The van der Waals surface area contributed by atoms with Gasteiger partial charge < -0.3 is 5.32 Å². The lowest BCUT2D eigenvalue weighted by Gasteiger charge is -2.23. The molecule has 2 atom stereocenters. The molecule has 28 heavy (non-hydrogen) atoms. The van der Waals surface area contributed by atoms with Gasteiger partial charge in [0.05, 0.1) is 5.69 Å². The van der Waals surface area contributed by atoms with Gasteiger partial charge in [-0.2, -0.15) is 18.3 Å². The fourth-order valence-corrected chi connectivity index (χ4v) is 3.71. The Morgan fingerprint density at radius 2 is 2.14 bits per heavy atom. The minimum absolute atomic E-state index is 0.0740. The Balaban J connectivity index is 1.63. The summed E-state index contributed by atoms with van der Waals surface area (Å²) < 4.78 is 39.0. The van der Waals surface area contributed by atoms with Crippen LogP contribution in [0, 0.1) is 12.8 Å². The largest absolute Gasteiger partial charge is 0.433 e. The second-order valence-corrected chi connectivity index (χ2v) is 7.42. The van der Waals surface area contributed by atoms with Crippen LogP contribution < -0.4 is 5.32 Å². The molecule has 9 heteroatoms. The van der Waals surface area contributed by atoms with Crippen LogP contribution in [0.4, 0.5) is 19.0 Å². The predicted octanol–water partition coefficient (Wildman–Crippen LogP) is 3.72. The highest BCUT2D eigenvalue weighted by atomic mass is 19.4. The standard InChI is InChI=1S/C19H24F3N5O/c1-11-6-15(8-17(23-11)19(20,21)22)7-14-4-5-27(10-14)12(2)16-9-18(26-25-16)24-13(3)28/h6,8-9,12,14H,4-5,7,10H2,1-3H3,(H2,24,25,26,28)/t12?,14-/m1/s1. The van der Waals surface area contributed by atoms with E-state index in [-0.39, 0.29) is 17.9 Å². The summed E-state index contributed by atoms with van der Waals surface area (Å²) in [5.41, 5.74) is 1.13. The third kappa shape index (κ3) is 4.89. The maximum atomic E-state index is 13.0. The van der Waals surface area contributed by atoms with Crippen molar-refractivity contribution < 1.29 is 18.0 Å². The summed E-state index contributed by atoms with van der Waals surface area (Å²) >= 11 is 0. The van der Waals surface area contributed by atoms with E-state index in [9.17, 15) is 18.0 Å². The summed E-state index contributed by atoms with van der Waals surface area (Å²) in [7, 11) is 0. The maximum Gasteiger partial charge on any atom is 0.433 e. The van der Waals surface area contributed by atoms with Crippen molar-refractivity contribution in [2.75, 3.05) is 18.4 Å². The molecule has 1 aliphatic heterocycles. The topological polar surface area (TPSA) is 73.9 Å². The van der Waals surface area contributed by atoms with Crippen molar-refractivity contribution in [1.29, 1.82) is 0 Å². The van der Waals surface area contributed by atoms with Crippen molar-refractivity contribution in [3.8, 4) is 0 Å². The number of alkyl halides is 3. The van der Waals surface area contributed by atoms with E-state index in [1.54, 1.807) is 19.1 Å². The minimum atomic E-state index is -4.43. The number of carbonyl (C=O) groups is 1. The van der Waals surface area contributed by atoms with Gasteiger partial charge in [-0.1, -0.05) is 0 Å². The zero-order chi connectivity index (χ0) is 20.5. The molecular weight excluding hydrogens is 371 g/mol. The van der Waals surface area contributed by atoms with Crippen LogP contribution in [0.5, 0.6) is 0 Å². The Labute approximate surface area is 161 Å². The number of aryl methyl sites for hydroxylation is 1. The number of nitrogens with zero attached hydrogens (tertiary/aromatic N) is 3. The van der Waals surface area contributed by atoms with Gasteiger partial charge in [-0.05, 0) is 56.8 Å². The zero-order valence-corrected chi connectivity index (χ0v) is 16.1. The van der Waals surface area contributed by atoms with E-state index < -0.39 is 11.9 Å². The van der Waals surface area contributed by atoms with E-state index in [1.807, 2.05) is 6.92 Å². The first-order chi connectivity index (χ1) is 13.1. The summed E-state index contributed by atoms with van der Waals surface area (Å²) in [5.74, 6) is 0.581. The van der Waals surface area contributed by atoms with Crippen LogP contribution in [0.2, 0.25) is 0 Å². The molecule has 152 valence electrons. The van der Waals surface area contributed by atoms with E-state index >= 15 is 0 Å². The number of anilines is 1. The van der Waals surface area contributed by atoms with Gasteiger partial charge in [0.15, 0.2) is 5.82 Å². The molecule has 0 aliphatic carbocycles. The summed E-state index contributed by atoms with van der Waals surface area (Å²) in [6, 6.07) is 4.77. The van der Waals surface area contributed by atoms with Crippen molar-refractivity contribution in [1.82, 2.24) is 20.1 Å². The van der Waals surface area contributed by atoms with Crippen LogP contribution in [0.3, 0.4) is 0 Å². The van der Waals surface area contributed by atoms with Crippen molar-refractivity contribution >= 4 is 11.7 Å². The first-order valence-electron chi connectivity index (χ1n) is 9.23. The lowest BCUT2D eigenvalue weighted by Crippen LogP contribution is -2.25. The van der Waals surface area contributed by atoms with Gasteiger partial charge in [-0.3, -0.25) is 14.8 Å².